The number of carbonyl (C=O) groups excluding carboxylic acids is 1. The molecule has 0 radical (unpaired) electrons. The van der Waals surface area contributed by atoms with Gasteiger partial charge in [-0.15, -0.1) is 0 Å². The number of Topliss-reactive ketones (excluding diaryl/α,β-unsaturated/α-hetero) is 1. The number of aliphatic hydroxyl groups is 1. The quantitative estimate of drug-likeness (QED) is 0.865. The van der Waals surface area contributed by atoms with Crippen LogP contribution in [0.1, 0.15) is 36.8 Å². The minimum atomic E-state index is -1.51. The van der Waals surface area contributed by atoms with Gasteiger partial charge in [-0.05, 0) is 43.0 Å². The van der Waals surface area contributed by atoms with Crippen LogP contribution in [-0.4, -0.2) is 16.5 Å². The molecule has 0 saturated heterocycles. The van der Waals surface area contributed by atoms with Gasteiger partial charge in [0, 0.05) is 17.0 Å². The maximum Gasteiger partial charge on any atom is 0.203 e. The van der Waals surface area contributed by atoms with Crippen LogP contribution in [0.4, 0.5) is 0 Å². The van der Waals surface area contributed by atoms with E-state index in [4.69, 9.17) is 16.3 Å². The Labute approximate surface area is 139 Å². The van der Waals surface area contributed by atoms with Gasteiger partial charge in [-0.25, -0.2) is 0 Å². The molecule has 4 heteroatoms. The lowest BCUT2D eigenvalue weighted by Crippen LogP contribution is -2.59. The highest BCUT2D eigenvalue weighted by molar-refractivity contribution is 6.30. The molecule has 0 bridgehead atoms. The monoisotopic (exact) mass is 328 g/mol. The van der Waals surface area contributed by atoms with Crippen molar-refractivity contribution in [2.45, 2.75) is 36.9 Å². The topological polar surface area (TPSA) is 46.5 Å². The Morgan fingerprint density at radius 1 is 1.09 bits per heavy atom. The fraction of sp³-hybridized carbons (Fsp3) is 0.316. The second kappa shape index (κ2) is 5.08. The number of hydrogen-bond acceptors (Lipinski definition) is 3. The third-order valence-corrected chi connectivity index (χ3v) is 5.26. The van der Waals surface area contributed by atoms with Crippen LogP contribution in [0.25, 0.3) is 0 Å². The Morgan fingerprint density at radius 3 is 2.61 bits per heavy atom. The van der Waals surface area contributed by atoms with Gasteiger partial charge in [-0.1, -0.05) is 41.9 Å². The average Bonchev–Trinajstić information content (AvgIpc) is 2.82. The molecule has 2 aromatic carbocycles. The fourth-order valence-electron chi connectivity index (χ4n) is 3.91. The third kappa shape index (κ3) is 1.90. The van der Waals surface area contributed by atoms with Crippen LogP contribution in [0.2, 0.25) is 5.02 Å². The Balaban J connectivity index is 2.00. The molecule has 1 N–H and O–H groups in total. The first-order valence-corrected chi connectivity index (χ1v) is 8.26. The molecule has 23 heavy (non-hydrogen) atoms. The molecule has 1 heterocycles. The number of fused-ring (bicyclic) bond motifs is 1. The molecule has 1 spiro atoms. The molecule has 0 amide bonds. The van der Waals surface area contributed by atoms with Gasteiger partial charge >= 0.3 is 0 Å². The summed E-state index contributed by atoms with van der Waals surface area (Å²) in [6.45, 7) is 0. The maximum absolute atomic E-state index is 12.8. The molecule has 1 fully saturated rings. The molecule has 2 aromatic rings. The van der Waals surface area contributed by atoms with Gasteiger partial charge in [0.05, 0.1) is 0 Å². The predicted molar refractivity (Wildman–Crippen MR) is 87.7 cm³/mol. The van der Waals surface area contributed by atoms with E-state index in [1.54, 1.807) is 18.2 Å². The van der Waals surface area contributed by atoms with Gasteiger partial charge in [0.1, 0.15) is 5.75 Å². The lowest BCUT2D eigenvalue weighted by molar-refractivity contribution is -0.157. The van der Waals surface area contributed by atoms with Crippen molar-refractivity contribution < 1.29 is 14.6 Å². The van der Waals surface area contributed by atoms with Crippen LogP contribution >= 0.6 is 11.6 Å². The van der Waals surface area contributed by atoms with Gasteiger partial charge < -0.3 is 9.84 Å². The van der Waals surface area contributed by atoms with Gasteiger partial charge in [0.25, 0.3) is 0 Å². The van der Waals surface area contributed by atoms with E-state index in [0.717, 1.165) is 12.8 Å². The highest BCUT2D eigenvalue weighted by Gasteiger charge is 2.64. The summed E-state index contributed by atoms with van der Waals surface area (Å²) in [5.41, 5.74) is -1.52. The first-order chi connectivity index (χ1) is 11.1. The summed E-state index contributed by atoms with van der Waals surface area (Å²) in [7, 11) is 0. The fourth-order valence-corrected chi connectivity index (χ4v) is 4.08. The Morgan fingerprint density at radius 2 is 1.87 bits per heavy atom. The van der Waals surface area contributed by atoms with E-state index in [1.807, 2.05) is 30.3 Å². The molecule has 2 unspecified atom stereocenters. The Hall–Kier alpha value is -1.84. The largest absolute Gasteiger partial charge is 0.475 e. The zero-order chi connectivity index (χ0) is 16.1. The van der Waals surface area contributed by atoms with Crippen molar-refractivity contribution in [3.63, 3.8) is 0 Å². The van der Waals surface area contributed by atoms with Crippen molar-refractivity contribution in [1.82, 2.24) is 0 Å². The van der Waals surface area contributed by atoms with Gasteiger partial charge in [0.2, 0.25) is 5.60 Å². The molecule has 2 aliphatic rings. The molecule has 1 aliphatic carbocycles. The SMILES string of the molecule is O=C1CCCCC12Oc1ccc(Cl)cc1C2(O)c1ccccc1. The van der Waals surface area contributed by atoms with Crippen LogP contribution < -0.4 is 4.74 Å². The van der Waals surface area contributed by atoms with E-state index >= 15 is 0 Å². The van der Waals surface area contributed by atoms with E-state index in [0.29, 0.717) is 34.7 Å². The summed E-state index contributed by atoms with van der Waals surface area (Å²) < 4.78 is 6.11. The van der Waals surface area contributed by atoms with Crippen molar-refractivity contribution >= 4 is 17.4 Å². The van der Waals surface area contributed by atoms with Gasteiger partial charge in [-0.2, -0.15) is 0 Å². The van der Waals surface area contributed by atoms with E-state index in [9.17, 15) is 9.90 Å². The summed E-state index contributed by atoms with van der Waals surface area (Å²) in [6, 6.07) is 14.4. The van der Waals surface area contributed by atoms with E-state index in [-0.39, 0.29) is 5.78 Å². The average molecular weight is 329 g/mol. The number of ketones is 1. The van der Waals surface area contributed by atoms with Gasteiger partial charge in [-0.3, -0.25) is 4.79 Å². The second-order valence-corrected chi connectivity index (χ2v) is 6.71. The summed E-state index contributed by atoms with van der Waals surface area (Å²) in [5, 5.41) is 12.3. The first kappa shape index (κ1) is 14.7. The predicted octanol–water partition coefficient (Wildman–Crippen LogP) is 3.85. The molecule has 4 rings (SSSR count). The van der Waals surface area contributed by atoms with Crippen molar-refractivity contribution in [3.8, 4) is 5.75 Å². The molecule has 3 nitrogen and oxygen atoms in total. The minimum absolute atomic E-state index is 0.0394. The molecule has 1 aliphatic heterocycles. The van der Waals surface area contributed by atoms with Crippen molar-refractivity contribution in [2.24, 2.45) is 0 Å². The number of carbonyl (C=O) groups is 1. The van der Waals surface area contributed by atoms with E-state index in [2.05, 4.69) is 0 Å². The van der Waals surface area contributed by atoms with Crippen LogP contribution in [-0.2, 0) is 10.4 Å². The molecule has 1 saturated carbocycles. The number of ether oxygens (including phenoxy) is 1. The van der Waals surface area contributed by atoms with E-state index in [1.165, 1.54) is 0 Å². The van der Waals surface area contributed by atoms with Gasteiger partial charge in [0.15, 0.2) is 11.4 Å². The summed E-state index contributed by atoms with van der Waals surface area (Å²) in [5.74, 6) is 0.499. The molecular weight excluding hydrogens is 312 g/mol. The highest BCUT2D eigenvalue weighted by atomic mass is 35.5. The van der Waals surface area contributed by atoms with Crippen molar-refractivity contribution in [1.29, 1.82) is 0 Å². The number of hydrogen-bond donors (Lipinski definition) is 1. The zero-order valence-electron chi connectivity index (χ0n) is 12.6. The molecule has 118 valence electrons. The van der Waals surface area contributed by atoms with Crippen LogP contribution in [0.15, 0.2) is 48.5 Å². The summed E-state index contributed by atoms with van der Waals surface area (Å²) in [6.07, 6.45) is 2.62. The maximum atomic E-state index is 12.8. The van der Waals surface area contributed by atoms with Crippen molar-refractivity contribution in [3.05, 3.63) is 64.7 Å². The lowest BCUT2D eigenvalue weighted by Gasteiger charge is -2.42. The van der Waals surface area contributed by atoms with Crippen LogP contribution in [0, 0.1) is 0 Å². The standard InChI is InChI=1S/C19H17ClO3/c20-14-9-10-16-15(12-14)19(22,13-6-2-1-3-7-13)18(23-16)11-5-4-8-17(18)21/h1-3,6-7,9-10,12,22H,4-5,8,11H2. The summed E-state index contributed by atoms with van der Waals surface area (Å²) in [4.78, 5) is 12.8. The second-order valence-electron chi connectivity index (χ2n) is 6.28. The third-order valence-electron chi connectivity index (χ3n) is 5.02. The molecule has 2 atom stereocenters. The Kier molecular flexibility index (Phi) is 3.26. The summed E-state index contributed by atoms with van der Waals surface area (Å²) >= 11 is 6.15. The van der Waals surface area contributed by atoms with E-state index < -0.39 is 11.2 Å². The highest BCUT2D eigenvalue weighted by Crippen LogP contribution is 2.55. The molecular formula is C19H17ClO3. The lowest BCUT2D eigenvalue weighted by atomic mass is 9.67. The van der Waals surface area contributed by atoms with Crippen LogP contribution in [0.5, 0.6) is 5.75 Å². The molecule has 0 aromatic heterocycles. The normalized spacial score (nSPS) is 29.4. The number of halogens is 1. The number of benzene rings is 2. The van der Waals surface area contributed by atoms with Crippen LogP contribution in [0.3, 0.4) is 0 Å². The minimum Gasteiger partial charge on any atom is -0.475 e. The number of rotatable bonds is 1. The zero-order valence-corrected chi connectivity index (χ0v) is 13.3. The Bertz CT molecular complexity index is 773. The first-order valence-electron chi connectivity index (χ1n) is 7.88. The van der Waals surface area contributed by atoms with Crippen molar-refractivity contribution in [2.75, 3.05) is 0 Å². The smallest absolute Gasteiger partial charge is 0.203 e.